The second kappa shape index (κ2) is 2.86. The number of carbonyl (C=O) groups is 1. The maximum absolute atomic E-state index is 12.3. The van der Waals surface area contributed by atoms with E-state index in [1.165, 1.54) is 16.8 Å². The highest BCUT2D eigenvalue weighted by Crippen LogP contribution is 2.45. The second-order valence-electron chi connectivity index (χ2n) is 4.97. The predicted molar refractivity (Wildman–Crippen MR) is 61.6 cm³/mol. The summed E-state index contributed by atoms with van der Waals surface area (Å²) in [6.45, 7) is 2.69. The molecule has 1 N–H and O–H groups in total. The molecule has 0 unspecified atom stereocenters. The Labute approximate surface area is 94.4 Å². The summed E-state index contributed by atoms with van der Waals surface area (Å²) in [7, 11) is 0. The maximum Gasteiger partial charge on any atom is 0.232 e. The molecule has 82 valence electrons. The summed E-state index contributed by atoms with van der Waals surface area (Å²) in [5.41, 5.74) is 3.98. The first-order valence-electron chi connectivity index (χ1n) is 6.00. The molecule has 0 saturated carbocycles. The molecule has 1 aromatic carbocycles. The SMILES string of the molecule is O=C1[C@H]2CNC[C@H]2c2cccc3c2N1CC3. The summed E-state index contributed by atoms with van der Waals surface area (Å²) in [6.07, 6.45) is 1.03. The average Bonchev–Trinajstić information content (AvgIpc) is 2.93. The van der Waals surface area contributed by atoms with Crippen molar-refractivity contribution in [2.75, 3.05) is 24.5 Å². The molecule has 2 atom stereocenters. The van der Waals surface area contributed by atoms with Crippen LogP contribution in [0.1, 0.15) is 17.0 Å². The molecule has 0 radical (unpaired) electrons. The molecule has 3 aliphatic heterocycles. The molecule has 1 saturated heterocycles. The average molecular weight is 214 g/mol. The Balaban J connectivity index is 1.98. The molecular weight excluding hydrogens is 200 g/mol. The van der Waals surface area contributed by atoms with E-state index in [2.05, 4.69) is 23.5 Å². The molecule has 3 aliphatic rings. The van der Waals surface area contributed by atoms with Gasteiger partial charge < -0.3 is 10.2 Å². The largest absolute Gasteiger partial charge is 0.315 e. The van der Waals surface area contributed by atoms with Gasteiger partial charge in [0.1, 0.15) is 0 Å². The van der Waals surface area contributed by atoms with E-state index < -0.39 is 0 Å². The van der Waals surface area contributed by atoms with Gasteiger partial charge in [-0.25, -0.2) is 0 Å². The lowest BCUT2D eigenvalue weighted by molar-refractivity contribution is -0.122. The molecule has 0 aromatic heterocycles. The summed E-state index contributed by atoms with van der Waals surface area (Å²) in [5.74, 6) is 0.935. The third kappa shape index (κ3) is 0.901. The van der Waals surface area contributed by atoms with E-state index in [9.17, 15) is 4.79 Å². The standard InChI is InChI=1S/C13H14N2O/c16-13-11-7-14-6-10(11)9-3-1-2-8-4-5-15(13)12(8)9/h1-3,10-11,14H,4-7H2/t10-,11-/m0/s1. The van der Waals surface area contributed by atoms with Crippen LogP contribution >= 0.6 is 0 Å². The molecule has 1 amide bonds. The van der Waals surface area contributed by atoms with Gasteiger partial charge in [-0.1, -0.05) is 18.2 Å². The van der Waals surface area contributed by atoms with Crippen molar-refractivity contribution in [3.8, 4) is 0 Å². The normalized spacial score (nSPS) is 30.5. The molecule has 0 spiro atoms. The summed E-state index contributed by atoms with van der Waals surface area (Å²) in [6, 6.07) is 6.51. The van der Waals surface area contributed by atoms with Crippen LogP contribution in [0.5, 0.6) is 0 Å². The fraction of sp³-hybridized carbons (Fsp3) is 0.462. The number of rotatable bonds is 0. The Hall–Kier alpha value is -1.35. The predicted octanol–water partition coefficient (Wildman–Crippen LogP) is 0.892. The quantitative estimate of drug-likeness (QED) is 0.695. The van der Waals surface area contributed by atoms with Gasteiger partial charge in [0, 0.05) is 25.6 Å². The molecule has 1 aromatic rings. The fourth-order valence-electron chi connectivity index (χ4n) is 3.47. The van der Waals surface area contributed by atoms with Gasteiger partial charge in [0.2, 0.25) is 5.91 Å². The van der Waals surface area contributed by atoms with Crippen molar-refractivity contribution in [3.63, 3.8) is 0 Å². The number of hydrogen-bond acceptors (Lipinski definition) is 2. The van der Waals surface area contributed by atoms with E-state index in [0.29, 0.717) is 11.8 Å². The first kappa shape index (κ1) is 8.76. The number of nitrogens with one attached hydrogen (secondary N) is 1. The van der Waals surface area contributed by atoms with E-state index in [1.54, 1.807) is 0 Å². The van der Waals surface area contributed by atoms with Crippen LogP contribution in [0.3, 0.4) is 0 Å². The van der Waals surface area contributed by atoms with Gasteiger partial charge in [-0.05, 0) is 17.5 Å². The Morgan fingerprint density at radius 3 is 3.06 bits per heavy atom. The van der Waals surface area contributed by atoms with Crippen LogP contribution in [0.25, 0.3) is 0 Å². The van der Waals surface area contributed by atoms with Crippen molar-refractivity contribution in [1.29, 1.82) is 0 Å². The molecule has 16 heavy (non-hydrogen) atoms. The number of amides is 1. The number of fused-ring (bicyclic) bond motifs is 2. The van der Waals surface area contributed by atoms with Crippen LogP contribution < -0.4 is 10.2 Å². The minimum Gasteiger partial charge on any atom is -0.315 e. The zero-order chi connectivity index (χ0) is 10.7. The molecule has 1 fully saturated rings. The van der Waals surface area contributed by atoms with E-state index >= 15 is 0 Å². The summed E-state index contributed by atoms with van der Waals surface area (Å²) in [5, 5.41) is 3.35. The monoisotopic (exact) mass is 214 g/mol. The van der Waals surface area contributed by atoms with Crippen LogP contribution in [0.15, 0.2) is 18.2 Å². The summed E-state index contributed by atoms with van der Waals surface area (Å²) >= 11 is 0. The lowest BCUT2D eigenvalue weighted by atomic mass is 9.83. The van der Waals surface area contributed by atoms with E-state index in [-0.39, 0.29) is 5.92 Å². The van der Waals surface area contributed by atoms with Crippen molar-refractivity contribution >= 4 is 11.6 Å². The van der Waals surface area contributed by atoms with Crippen molar-refractivity contribution in [1.82, 2.24) is 5.32 Å². The zero-order valence-electron chi connectivity index (χ0n) is 9.07. The van der Waals surface area contributed by atoms with Gasteiger partial charge in [-0.3, -0.25) is 4.79 Å². The summed E-state index contributed by atoms with van der Waals surface area (Å²) < 4.78 is 0. The summed E-state index contributed by atoms with van der Waals surface area (Å²) in [4.78, 5) is 14.3. The first-order chi connectivity index (χ1) is 7.86. The highest BCUT2D eigenvalue weighted by atomic mass is 16.2. The molecule has 3 nitrogen and oxygen atoms in total. The third-order valence-electron chi connectivity index (χ3n) is 4.22. The van der Waals surface area contributed by atoms with Gasteiger partial charge in [-0.15, -0.1) is 0 Å². The highest BCUT2D eigenvalue weighted by Gasteiger charge is 2.45. The number of para-hydroxylation sites is 1. The number of carbonyl (C=O) groups excluding carboxylic acids is 1. The van der Waals surface area contributed by atoms with Crippen molar-refractivity contribution in [2.45, 2.75) is 12.3 Å². The van der Waals surface area contributed by atoms with Crippen molar-refractivity contribution < 1.29 is 4.79 Å². The van der Waals surface area contributed by atoms with Gasteiger partial charge in [0.25, 0.3) is 0 Å². The molecule has 3 heteroatoms. The topological polar surface area (TPSA) is 32.3 Å². The Morgan fingerprint density at radius 1 is 1.25 bits per heavy atom. The number of nitrogens with zero attached hydrogens (tertiary/aromatic N) is 1. The number of hydrogen-bond donors (Lipinski definition) is 1. The van der Waals surface area contributed by atoms with Gasteiger partial charge in [0.05, 0.1) is 11.6 Å². The van der Waals surface area contributed by atoms with Crippen LogP contribution in [0, 0.1) is 5.92 Å². The van der Waals surface area contributed by atoms with Crippen molar-refractivity contribution in [3.05, 3.63) is 29.3 Å². The van der Waals surface area contributed by atoms with E-state index in [4.69, 9.17) is 0 Å². The molecule has 4 rings (SSSR count). The van der Waals surface area contributed by atoms with E-state index in [0.717, 1.165) is 26.1 Å². The highest BCUT2D eigenvalue weighted by molar-refractivity contribution is 6.01. The Morgan fingerprint density at radius 2 is 2.12 bits per heavy atom. The first-order valence-corrected chi connectivity index (χ1v) is 6.00. The van der Waals surface area contributed by atoms with Gasteiger partial charge in [0.15, 0.2) is 0 Å². The Kier molecular flexibility index (Phi) is 1.56. The zero-order valence-corrected chi connectivity index (χ0v) is 9.07. The minimum absolute atomic E-state index is 0.181. The molecule has 0 bridgehead atoms. The third-order valence-corrected chi connectivity index (χ3v) is 4.22. The molecular formula is C13H14N2O. The fourth-order valence-corrected chi connectivity index (χ4v) is 3.47. The lowest BCUT2D eigenvalue weighted by Crippen LogP contribution is -2.41. The van der Waals surface area contributed by atoms with Gasteiger partial charge in [-0.2, -0.15) is 0 Å². The van der Waals surface area contributed by atoms with Crippen molar-refractivity contribution in [2.24, 2.45) is 5.92 Å². The van der Waals surface area contributed by atoms with E-state index in [1.807, 2.05) is 4.90 Å². The second-order valence-corrected chi connectivity index (χ2v) is 4.97. The Bertz CT molecular complexity index is 483. The smallest absolute Gasteiger partial charge is 0.232 e. The number of benzene rings is 1. The lowest BCUT2D eigenvalue weighted by Gasteiger charge is -2.33. The maximum atomic E-state index is 12.3. The van der Waals surface area contributed by atoms with Crippen LogP contribution in [0.4, 0.5) is 5.69 Å². The molecule has 3 heterocycles. The van der Waals surface area contributed by atoms with Crippen LogP contribution in [-0.2, 0) is 11.2 Å². The van der Waals surface area contributed by atoms with Crippen LogP contribution in [-0.4, -0.2) is 25.5 Å². The molecule has 0 aliphatic carbocycles. The van der Waals surface area contributed by atoms with Gasteiger partial charge >= 0.3 is 0 Å². The minimum atomic E-state index is 0.181. The van der Waals surface area contributed by atoms with Crippen LogP contribution in [0.2, 0.25) is 0 Å². The number of anilines is 1.